The minimum Gasteiger partial charge on any atom is -0.356 e. The molecule has 0 aliphatic carbocycles. The average Bonchev–Trinajstić information content (AvgIpc) is 2.95. The maximum atomic E-state index is 12.8. The van der Waals surface area contributed by atoms with Gasteiger partial charge in [0.2, 0.25) is 17.7 Å². The van der Waals surface area contributed by atoms with Gasteiger partial charge in [-0.3, -0.25) is 19.2 Å². The molecule has 0 rings (SSSR count). The van der Waals surface area contributed by atoms with Crippen molar-refractivity contribution >= 4 is 23.5 Å². The second kappa shape index (κ2) is 27.9. The van der Waals surface area contributed by atoms with Gasteiger partial charge in [0.25, 0.3) is 0 Å². The van der Waals surface area contributed by atoms with Crippen LogP contribution >= 0.6 is 0 Å². The number of ketones is 1. The first-order valence-corrected chi connectivity index (χ1v) is 15.1. The molecular formula is C27H57N10O4. The molecule has 0 unspecified atom stereocenters. The highest BCUT2D eigenvalue weighted by Gasteiger charge is 2.28. The van der Waals surface area contributed by atoms with Gasteiger partial charge in [-0.1, -0.05) is 26.2 Å². The molecule has 3 amide bonds. The molecule has 0 saturated carbocycles. The zero-order valence-electron chi connectivity index (χ0n) is 25.1. The Morgan fingerprint density at radius 2 is 1.07 bits per heavy atom. The summed E-state index contributed by atoms with van der Waals surface area (Å²) in [5.74, 6) is -2.54. The fraction of sp³-hybridized carbons (Fsp3) is 0.852. The van der Waals surface area contributed by atoms with Gasteiger partial charge >= 0.3 is 0 Å². The molecule has 0 bridgehead atoms. The van der Waals surface area contributed by atoms with E-state index in [1.165, 1.54) is 0 Å². The minimum absolute atomic E-state index is 0.157. The van der Waals surface area contributed by atoms with Gasteiger partial charge in [0.05, 0.1) is 18.4 Å². The number of nitrogens with one attached hydrogen (secondary N) is 8. The van der Waals surface area contributed by atoms with Gasteiger partial charge in [-0.15, -0.1) is 0 Å². The smallest absolute Gasteiger partial charge is 0.224 e. The van der Waals surface area contributed by atoms with E-state index >= 15 is 0 Å². The van der Waals surface area contributed by atoms with Crippen molar-refractivity contribution in [3.8, 4) is 0 Å². The molecule has 14 nitrogen and oxygen atoms in total. The van der Waals surface area contributed by atoms with Crippen molar-refractivity contribution in [3.63, 3.8) is 0 Å². The van der Waals surface area contributed by atoms with E-state index in [4.69, 9.17) is 17.2 Å². The molecule has 0 fully saturated rings. The Kier molecular flexibility index (Phi) is 26.4. The zero-order chi connectivity index (χ0) is 30.6. The first-order chi connectivity index (χ1) is 19.8. The number of carbonyl (C=O) groups is 4. The summed E-state index contributed by atoms with van der Waals surface area (Å²) in [5.41, 5.74) is 19.0. The second-order valence-corrected chi connectivity index (χ2v) is 9.96. The predicted octanol–water partition coefficient (Wildman–Crippen LogP) is -2.80. The molecule has 0 aromatic rings. The molecule has 0 saturated heterocycles. The first-order valence-electron chi connectivity index (χ1n) is 15.1. The molecule has 1 radical (unpaired) electrons. The summed E-state index contributed by atoms with van der Waals surface area (Å²) < 4.78 is 0. The lowest BCUT2D eigenvalue weighted by molar-refractivity contribution is -0.134. The summed E-state index contributed by atoms with van der Waals surface area (Å²) in [6.45, 7) is 10.1. The van der Waals surface area contributed by atoms with Crippen molar-refractivity contribution in [2.75, 3.05) is 85.1 Å². The van der Waals surface area contributed by atoms with Crippen LogP contribution in [0.15, 0.2) is 0 Å². The molecule has 0 aromatic heterocycles. The fourth-order valence-electron chi connectivity index (χ4n) is 3.86. The first kappa shape index (κ1) is 38.8. The third kappa shape index (κ3) is 24.1. The molecule has 2 atom stereocenters. The Morgan fingerprint density at radius 3 is 1.59 bits per heavy atom. The maximum Gasteiger partial charge on any atom is 0.224 e. The van der Waals surface area contributed by atoms with Gasteiger partial charge in [0, 0.05) is 97.9 Å². The number of amides is 3. The number of hydrogen-bond acceptors (Lipinski definition) is 10. The standard InChI is InChI=1S/C27H57N10O4/c1-2-3-4-5-8-37-27(41)22(20-25(39)35-17-15-33-13-11-31-9-6-28)19-24(38)23(30)21-26(40)36-18-16-34-14-12-32-10-7-29/h22-23,30-34H,2-21,28-29H2,1H3,(H,35,39)(H,36,40)(H,37,41)/t22-,23+/m0/s1. The quantitative estimate of drug-likeness (QED) is 0.0409. The van der Waals surface area contributed by atoms with Crippen LogP contribution in [0.2, 0.25) is 0 Å². The molecule has 0 aliphatic rings. The van der Waals surface area contributed by atoms with E-state index in [0.717, 1.165) is 65.0 Å². The van der Waals surface area contributed by atoms with Crippen LogP contribution in [0.1, 0.15) is 51.9 Å². The van der Waals surface area contributed by atoms with Gasteiger partial charge < -0.3 is 48.7 Å². The number of carbonyl (C=O) groups excluding carboxylic acids is 4. The largest absolute Gasteiger partial charge is 0.356 e. The third-order valence-electron chi connectivity index (χ3n) is 6.21. The van der Waals surface area contributed by atoms with E-state index < -0.39 is 23.7 Å². The van der Waals surface area contributed by atoms with E-state index in [0.29, 0.717) is 45.8 Å². The Labute approximate surface area is 246 Å². The predicted molar refractivity (Wildman–Crippen MR) is 162 cm³/mol. The molecule has 0 aromatic carbocycles. The molecule has 0 heterocycles. The van der Waals surface area contributed by atoms with Crippen LogP contribution in [0.25, 0.3) is 0 Å². The van der Waals surface area contributed by atoms with Crippen LogP contribution in [-0.4, -0.2) is 115 Å². The monoisotopic (exact) mass is 585 g/mol. The number of unbranched alkanes of at least 4 members (excludes halogenated alkanes) is 3. The average molecular weight is 586 g/mol. The minimum atomic E-state index is -1.30. The summed E-state index contributed by atoms with van der Waals surface area (Å²) in [7, 11) is 0. The summed E-state index contributed by atoms with van der Waals surface area (Å²) in [4.78, 5) is 50.4. The lowest BCUT2D eigenvalue weighted by Gasteiger charge is -2.18. The number of rotatable bonds is 29. The van der Waals surface area contributed by atoms with Crippen molar-refractivity contribution in [3.05, 3.63) is 0 Å². The summed E-state index contributed by atoms with van der Waals surface area (Å²) >= 11 is 0. The Morgan fingerprint density at radius 1 is 0.585 bits per heavy atom. The van der Waals surface area contributed by atoms with Crippen LogP contribution in [0.5, 0.6) is 0 Å². The maximum absolute atomic E-state index is 12.8. The Hall–Kier alpha value is -2.20. The van der Waals surface area contributed by atoms with Gasteiger partial charge in [0.15, 0.2) is 5.78 Å². The molecule has 41 heavy (non-hydrogen) atoms. The van der Waals surface area contributed by atoms with E-state index in [1.807, 2.05) is 0 Å². The van der Waals surface area contributed by atoms with Gasteiger partial charge in [-0.05, 0) is 6.42 Å². The van der Waals surface area contributed by atoms with Crippen molar-refractivity contribution in [1.82, 2.24) is 43.0 Å². The van der Waals surface area contributed by atoms with Crippen LogP contribution in [0.4, 0.5) is 0 Å². The number of hydrogen-bond donors (Lipinski definition) is 9. The molecule has 239 valence electrons. The van der Waals surface area contributed by atoms with Gasteiger partial charge in [0.1, 0.15) is 0 Å². The van der Waals surface area contributed by atoms with Gasteiger partial charge in [-0.2, -0.15) is 0 Å². The number of Topliss-reactive ketones (excluding diaryl/α,β-unsaturated/α-hetero) is 1. The third-order valence-corrected chi connectivity index (χ3v) is 6.21. The van der Waals surface area contributed by atoms with Crippen LogP contribution in [0.3, 0.4) is 0 Å². The van der Waals surface area contributed by atoms with E-state index in [-0.39, 0.29) is 31.1 Å². The van der Waals surface area contributed by atoms with Crippen LogP contribution < -0.4 is 54.4 Å². The second-order valence-electron chi connectivity index (χ2n) is 9.96. The highest BCUT2D eigenvalue weighted by molar-refractivity contribution is 5.94. The lowest BCUT2D eigenvalue weighted by atomic mass is 9.93. The molecule has 12 N–H and O–H groups in total. The Balaban J connectivity index is 4.60. The SMILES string of the molecule is CCCCCCNC(=O)[C@H](CC(=O)NCCNCCNCCN)CC(=O)[C@H]([NH])CC(=O)NCCNCCNCCN. The van der Waals surface area contributed by atoms with Crippen molar-refractivity contribution in [1.29, 1.82) is 0 Å². The molecule has 0 aliphatic heterocycles. The summed E-state index contributed by atoms with van der Waals surface area (Å²) in [5, 5.41) is 21.0. The van der Waals surface area contributed by atoms with E-state index in [2.05, 4.69) is 44.1 Å². The normalized spacial score (nSPS) is 12.5. The highest BCUT2D eigenvalue weighted by atomic mass is 16.2. The molecular weight excluding hydrogens is 528 g/mol. The highest BCUT2D eigenvalue weighted by Crippen LogP contribution is 2.13. The molecule has 14 heteroatoms. The van der Waals surface area contributed by atoms with E-state index in [9.17, 15) is 19.2 Å². The summed E-state index contributed by atoms with van der Waals surface area (Å²) in [6, 6.07) is -1.30. The van der Waals surface area contributed by atoms with Crippen molar-refractivity contribution < 1.29 is 19.2 Å². The lowest BCUT2D eigenvalue weighted by Crippen LogP contribution is -2.41. The summed E-state index contributed by atoms with van der Waals surface area (Å²) in [6.07, 6.45) is 3.24. The fourth-order valence-corrected chi connectivity index (χ4v) is 3.86. The van der Waals surface area contributed by atoms with Crippen molar-refractivity contribution in [2.45, 2.75) is 57.9 Å². The van der Waals surface area contributed by atoms with Crippen LogP contribution in [0, 0.1) is 5.92 Å². The zero-order valence-corrected chi connectivity index (χ0v) is 25.1. The topological polar surface area (TPSA) is 228 Å². The Bertz CT molecular complexity index is 699. The van der Waals surface area contributed by atoms with Crippen molar-refractivity contribution in [2.24, 2.45) is 17.4 Å². The van der Waals surface area contributed by atoms with Gasteiger partial charge in [-0.25, -0.2) is 5.73 Å². The number of nitrogens with two attached hydrogens (primary N) is 2. The molecule has 0 spiro atoms. The van der Waals surface area contributed by atoms with E-state index in [1.54, 1.807) is 0 Å². The van der Waals surface area contributed by atoms with Crippen LogP contribution in [-0.2, 0) is 19.2 Å².